The average Bonchev–Trinajstić information content (AvgIpc) is 3.25. The molecule has 2 saturated heterocycles. The predicted molar refractivity (Wildman–Crippen MR) is 91.8 cm³/mol. The third-order valence-corrected chi connectivity index (χ3v) is 4.92. The number of aromatic carboxylic acids is 1. The van der Waals surface area contributed by atoms with Gasteiger partial charge in [-0.2, -0.15) is 0 Å². The van der Waals surface area contributed by atoms with Gasteiger partial charge in [0.1, 0.15) is 0 Å². The zero-order valence-corrected chi connectivity index (χ0v) is 14.6. The molecule has 7 nitrogen and oxygen atoms in total. The van der Waals surface area contributed by atoms with Crippen LogP contribution in [0.15, 0.2) is 24.3 Å². The average molecular weight is 381 g/mol. The minimum atomic E-state index is -2.81. The van der Waals surface area contributed by atoms with E-state index < -0.39 is 30.4 Å². The van der Waals surface area contributed by atoms with E-state index in [0.717, 1.165) is 0 Å². The summed E-state index contributed by atoms with van der Waals surface area (Å²) in [6.07, 6.45) is 0.150. The third kappa shape index (κ3) is 4.60. The molecule has 0 spiro atoms. The molecule has 0 bridgehead atoms. The summed E-state index contributed by atoms with van der Waals surface area (Å²) < 4.78 is 26.5. The maximum atomic E-state index is 13.3. The van der Waals surface area contributed by atoms with Gasteiger partial charge in [0.25, 0.3) is 11.8 Å². The van der Waals surface area contributed by atoms with E-state index in [0.29, 0.717) is 19.5 Å². The molecule has 146 valence electrons. The molecule has 1 aromatic carbocycles. The molecule has 1 aromatic rings. The van der Waals surface area contributed by atoms with Gasteiger partial charge in [-0.3, -0.25) is 9.59 Å². The first-order valence-corrected chi connectivity index (χ1v) is 8.77. The number of alkyl halides is 2. The summed E-state index contributed by atoms with van der Waals surface area (Å²) in [5.41, 5.74) is 0.269. The molecule has 0 radical (unpaired) electrons. The molecule has 3 N–H and O–H groups in total. The van der Waals surface area contributed by atoms with Crippen molar-refractivity contribution in [3.05, 3.63) is 35.4 Å². The molecular weight excluding hydrogens is 360 g/mol. The summed E-state index contributed by atoms with van der Waals surface area (Å²) in [6.45, 7) is 0.329. The number of hydrogen-bond donors (Lipinski definition) is 3. The predicted octanol–water partition coefficient (Wildman–Crippen LogP) is 0.960. The molecule has 2 fully saturated rings. The number of rotatable bonds is 5. The van der Waals surface area contributed by atoms with Crippen LogP contribution in [0.2, 0.25) is 0 Å². The number of carboxylic acids is 1. The lowest BCUT2D eigenvalue weighted by molar-refractivity contribution is -0.133. The number of likely N-dealkylation sites (tertiary alicyclic amines) is 1. The first-order chi connectivity index (χ1) is 12.7. The Morgan fingerprint density at radius 3 is 2.70 bits per heavy atom. The van der Waals surface area contributed by atoms with Crippen molar-refractivity contribution in [1.29, 1.82) is 0 Å². The van der Waals surface area contributed by atoms with Crippen LogP contribution in [-0.2, 0) is 4.79 Å². The van der Waals surface area contributed by atoms with Crippen molar-refractivity contribution in [2.24, 2.45) is 5.92 Å². The monoisotopic (exact) mass is 381 g/mol. The molecule has 2 aliphatic heterocycles. The summed E-state index contributed by atoms with van der Waals surface area (Å²) in [5, 5.41) is 14.7. The van der Waals surface area contributed by atoms with Crippen molar-refractivity contribution in [3.63, 3.8) is 0 Å². The molecule has 0 saturated carbocycles. The normalized spacial score (nSPS) is 24.0. The molecular formula is C18H21F2N3O4. The summed E-state index contributed by atoms with van der Waals surface area (Å²) in [5.74, 6) is -4.65. The van der Waals surface area contributed by atoms with Gasteiger partial charge < -0.3 is 20.6 Å². The molecule has 27 heavy (non-hydrogen) atoms. The summed E-state index contributed by atoms with van der Waals surface area (Å²) in [6, 6.07) is 5.20. The van der Waals surface area contributed by atoms with Crippen molar-refractivity contribution >= 4 is 17.8 Å². The molecule has 2 heterocycles. The molecule has 2 amide bonds. The zero-order valence-electron chi connectivity index (χ0n) is 14.6. The first-order valence-electron chi connectivity index (χ1n) is 8.77. The molecule has 2 atom stereocenters. The standard InChI is InChI=1S/C18H21F2N3O4/c19-18(20)4-5-23(10-18)16(25)14-6-11(8-21-14)9-22-15(24)12-2-1-3-13(7-12)17(26)27/h1-3,7,11,14,21H,4-6,8-10H2,(H,22,24)(H,26,27). The summed E-state index contributed by atoms with van der Waals surface area (Å²) in [7, 11) is 0. The van der Waals surface area contributed by atoms with Crippen molar-refractivity contribution < 1.29 is 28.3 Å². The fraction of sp³-hybridized carbons (Fsp3) is 0.500. The first kappa shape index (κ1) is 19.2. The van der Waals surface area contributed by atoms with Crippen LogP contribution in [0.25, 0.3) is 0 Å². The number of nitrogens with zero attached hydrogens (tertiary/aromatic N) is 1. The largest absolute Gasteiger partial charge is 0.478 e. The van der Waals surface area contributed by atoms with Gasteiger partial charge >= 0.3 is 5.97 Å². The van der Waals surface area contributed by atoms with Crippen molar-refractivity contribution in [1.82, 2.24) is 15.5 Å². The lowest BCUT2D eigenvalue weighted by atomic mass is 10.0. The highest BCUT2D eigenvalue weighted by molar-refractivity contribution is 5.97. The molecule has 3 rings (SSSR count). The molecule has 9 heteroatoms. The fourth-order valence-corrected chi connectivity index (χ4v) is 3.43. The number of halogens is 2. The van der Waals surface area contributed by atoms with E-state index in [9.17, 15) is 23.2 Å². The van der Waals surface area contributed by atoms with Gasteiger partial charge in [0, 0.05) is 31.6 Å². The van der Waals surface area contributed by atoms with E-state index in [1.165, 1.54) is 29.2 Å². The highest BCUT2D eigenvalue weighted by Gasteiger charge is 2.43. The number of benzene rings is 1. The minimum absolute atomic E-state index is 0.00586. The SMILES string of the molecule is O=C(O)c1cccc(C(=O)NCC2CNC(C(=O)N3CCC(F)(F)C3)C2)c1. The van der Waals surface area contributed by atoms with Crippen LogP contribution < -0.4 is 10.6 Å². The van der Waals surface area contributed by atoms with E-state index >= 15 is 0 Å². The molecule has 0 aliphatic carbocycles. The van der Waals surface area contributed by atoms with E-state index in [1.54, 1.807) is 0 Å². The second-order valence-corrected chi connectivity index (χ2v) is 7.02. The van der Waals surface area contributed by atoms with Gasteiger partial charge in [-0.05, 0) is 30.5 Å². The quantitative estimate of drug-likeness (QED) is 0.706. The molecule has 2 unspecified atom stereocenters. The minimum Gasteiger partial charge on any atom is -0.478 e. The maximum absolute atomic E-state index is 13.3. The van der Waals surface area contributed by atoms with E-state index in [1.807, 2.05) is 0 Å². The van der Waals surface area contributed by atoms with Crippen LogP contribution in [0.1, 0.15) is 33.6 Å². The lowest BCUT2D eigenvalue weighted by Crippen LogP contribution is -2.43. The Bertz CT molecular complexity index is 756. The van der Waals surface area contributed by atoms with Crippen LogP contribution in [0, 0.1) is 5.92 Å². The van der Waals surface area contributed by atoms with Gasteiger partial charge in [-0.1, -0.05) is 6.07 Å². The van der Waals surface area contributed by atoms with Crippen LogP contribution in [0.3, 0.4) is 0 Å². The van der Waals surface area contributed by atoms with Crippen LogP contribution in [0.5, 0.6) is 0 Å². The third-order valence-electron chi connectivity index (χ3n) is 4.92. The number of hydrogen-bond acceptors (Lipinski definition) is 4. The highest BCUT2D eigenvalue weighted by atomic mass is 19.3. The number of carboxylic acid groups (broad SMARTS) is 1. The lowest BCUT2D eigenvalue weighted by Gasteiger charge is -2.20. The molecule has 2 aliphatic rings. The van der Waals surface area contributed by atoms with E-state index in [-0.39, 0.29) is 35.9 Å². The Labute approximate surface area is 154 Å². The smallest absolute Gasteiger partial charge is 0.335 e. The van der Waals surface area contributed by atoms with Gasteiger partial charge in [0.05, 0.1) is 18.2 Å². The van der Waals surface area contributed by atoms with Crippen molar-refractivity contribution in [2.75, 3.05) is 26.2 Å². The second kappa shape index (κ2) is 7.59. The number of amides is 2. The Kier molecular flexibility index (Phi) is 5.41. The fourth-order valence-electron chi connectivity index (χ4n) is 3.43. The van der Waals surface area contributed by atoms with E-state index in [2.05, 4.69) is 10.6 Å². The summed E-state index contributed by atoms with van der Waals surface area (Å²) >= 11 is 0. The molecule has 0 aromatic heterocycles. The Morgan fingerprint density at radius 1 is 1.30 bits per heavy atom. The van der Waals surface area contributed by atoms with Gasteiger partial charge in [0.2, 0.25) is 5.91 Å². The topological polar surface area (TPSA) is 98.7 Å². The van der Waals surface area contributed by atoms with Crippen molar-refractivity contribution in [2.45, 2.75) is 24.8 Å². The van der Waals surface area contributed by atoms with Crippen molar-refractivity contribution in [3.8, 4) is 0 Å². The Balaban J connectivity index is 1.49. The summed E-state index contributed by atoms with van der Waals surface area (Å²) in [4.78, 5) is 36.7. The Hall–Kier alpha value is -2.55. The number of carbonyl (C=O) groups is 3. The van der Waals surface area contributed by atoms with Gasteiger partial charge in [-0.15, -0.1) is 0 Å². The Morgan fingerprint density at radius 2 is 2.04 bits per heavy atom. The number of carbonyl (C=O) groups excluding carboxylic acids is 2. The van der Waals surface area contributed by atoms with Gasteiger partial charge in [0.15, 0.2) is 0 Å². The number of nitrogens with one attached hydrogen (secondary N) is 2. The van der Waals surface area contributed by atoms with Crippen LogP contribution in [-0.4, -0.2) is 65.9 Å². The van der Waals surface area contributed by atoms with Crippen LogP contribution in [0.4, 0.5) is 8.78 Å². The maximum Gasteiger partial charge on any atom is 0.335 e. The zero-order chi connectivity index (χ0) is 19.6. The van der Waals surface area contributed by atoms with Gasteiger partial charge in [-0.25, -0.2) is 13.6 Å². The highest BCUT2D eigenvalue weighted by Crippen LogP contribution is 2.28. The van der Waals surface area contributed by atoms with Crippen LogP contribution >= 0.6 is 0 Å². The second-order valence-electron chi connectivity index (χ2n) is 7.02. The van der Waals surface area contributed by atoms with E-state index in [4.69, 9.17) is 5.11 Å².